The highest BCUT2D eigenvalue weighted by atomic mass is 14.9. The van der Waals surface area contributed by atoms with Gasteiger partial charge in [-0.3, -0.25) is 4.98 Å². The first-order valence-electron chi connectivity index (χ1n) is 9.30. The zero-order valence-corrected chi connectivity index (χ0v) is 16.4. The van der Waals surface area contributed by atoms with E-state index in [1.165, 1.54) is 0 Å². The van der Waals surface area contributed by atoms with Gasteiger partial charge in [0.25, 0.3) is 0 Å². The third-order valence-electron chi connectivity index (χ3n) is 5.06. The lowest BCUT2D eigenvalue weighted by Gasteiger charge is -2.16. The van der Waals surface area contributed by atoms with E-state index in [0.29, 0.717) is 44.2 Å². The number of aromatic nitrogens is 3. The Morgan fingerprint density at radius 3 is 1.97 bits per heavy atom. The van der Waals surface area contributed by atoms with Gasteiger partial charge in [-0.15, -0.1) is 0 Å². The Bertz CT molecular complexity index is 1460. The fraction of sp³-hybridized carbons (Fsp3) is 0.125. The minimum Gasteiger partial charge on any atom is -0.252 e. The van der Waals surface area contributed by atoms with Gasteiger partial charge in [0.2, 0.25) is 0 Å². The normalized spacial score (nSPS) is 10.5. The van der Waals surface area contributed by atoms with E-state index in [-0.39, 0.29) is 0 Å². The van der Waals surface area contributed by atoms with E-state index in [4.69, 9.17) is 4.98 Å². The molecule has 31 heavy (non-hydrogen) atoms. The Morgan fingerprint density at radius 1 is 0.871 bits per heavy atom. The number of fused-ring (bicyclic) bond motifs is 2. The van der Waals surface area contributed by atoms with Gasteiger partial charge >= 0.3 is 0 Å². The molecule has 7 nitrogen and oxygen atoms in total. The van der Waals surface area contributed by atoms with Crippen molar-refractivity contribution in [1.29, 1.82) is 21.0 Å². The maximum absolute atomic E-state index is 9.65. The summed E-state index contributed by atoms with van der Waals surface area (Å²) >= 11 is 0. The third kappa shape index (κ3) is 3.18. The highest BCUT2D eigenvalue weighted by molar-refractivity contribution is 6.05. The van der Waals surface area contributed by atoms with E-state index >= 15 is 0 Å². The minimum atomic E-state index is -1.09. The smallest absolute Gasteiger partial charge is 0.177 e. The summed E-state index contributed by atoms with van der Waals surface area (Å²) in [6, 6.07) is 20.1. The standard InChI is InChI=1S/C24H13N7/c1-31-8-6-15(7-9-31)20-14-29-23-21(16(10-25)11-26)18-4-2-3-5-19(18)22(24(23)30-20)17(12-27)13-28/h2-6,8-9,14,16-17H,1H3/q+1. The van der Waals surface area contributed by atoms with Crippen molar-refractivity contribution < 1.29 is 4.57 Å². The Labute approximate surface area is 178 Å². The summed E-state index contributed by atoms with van der Waals surface area (Å²) in [5.41, 5.74) is 2.71. The number of aryl methyl sites for hydroxylation is 1. The molecule has 0 N–H and O–H groups in total. The molecule has 4 aromatic rings. The van der Waals surface area contributed by atoms with Crippen LogP contribution >= 0.6 is 0 Å². The van der Waals surface area contributed by atoms with Gasteiger partial charge in [-0.25, -0.2) is 9.55 Å². The lowest BCUT2D eigenvalue weighted by atomic mass is 9.86. The number of rotatable bonds is 3. The van der Waals surface area contributed by atoms with Crippen LogP contribution in [0.5, 0.6) is 0 Å². The average molecular weight is 399 g/mol. The maximum Gasteiger partial charge on any atom is 0.177 e. The second-order valence-corrected chi connectivity index (χ2v) is 6.88. The molecular formula is C24H13N7+. The summed E-state index contributed by atoms with van der Waals surface area (Å²) in [6.45, 7) is 0. The largest absolute Gasteiger partial charge is 0.252 e. The first kappa shape index (κ1) is 19.5. The van der Waals surface area contributed by atoms with Crippen LogP contribution in [0.1, 0.15) is 23.0 Å². The molecule has 4 rings (SSSR count). The summed E-state index contributed by atoms with van der Waals surface area (Å²) in [5, 5.41) is 39.7. The van der Waals surface area contributed by atoms with Gasteiger partial charge in [-0.1, -0.05) is 24.3 Å². The summed E-state index contributed by atoms with van der Waals surface area (Å²) < 4.78 is 1.83. The molecule has 2 aromatic heterocycles. The molecule has 2 aromatic carbocycles. The van der Waals surface area contributed by atoms with Crippen LogP contribution in [0.2, 0.25) is 0 Å². The molecule has 0 aliphatic heterocycles. The molecule has 0 aliphatic rings. The molecule has 7 heteroatoms. The van der Waals surface area contributed by atoms with Gasteiger partial charge in [0.05, 0.1) is 53.3 Å². The lowest BCUT2D eigenvalue weighted by molar-refractivity contribution is -0.671. The van der Waals surface area contributed by atoms with E-state index in [1.54, 1.807) is 36.7 Å². The fourth-order valence-corrected chi connectivity index (χ4v) is 3.63. The second kappa shape index (κ2) is 7.88. The zero-order valence-electron chi connectivity index (χ0n) is 16.4. The number of pyridine rings is 1. The van der Waals surface area contributed by atoms with Crippen molar-refractivity contribution >= 4 is 21.8 Å². The molecular weight excluding hydrogens is 386 g/mol. The molecule has 0 spiro atoms. The van der Waals surface area contributed by atoms with E-state index in [1.807, 2.05) is 48.2 Å². The topological polar surface area (TPSA) is 125 Å². The van der Waals surface area contributed by atoms with E-state index < -0.39 is 11.8 Å². The second-order valence-electron chi connectivity index (χ2n) is 6.88. The zero-order chi connectivity index (χ0) is 22.0. The summed E-state index contributed by atoms with van der Waals surface area (Å²) in [5.74, 6) is -2.17. The summed E-state index contributed by atoms with van der Waals surface area (Å²) in [4.78, 5) is 9.28. The number of benzene rings is 2. The Morgan fingerprint density at radius 2 is 1.45 bits per heavy atom. The van der Waals surface area contributed by atoms with Gasteiger partial charge in [0.15, 0.2) is 24.2 Å². The van der Waals surface area contributed by atoms with Crippen molar-refractivity contribution in [3.05, 3.63) is 66.1 Å². The van der Waals surface area contributed by atoms with Crippen molar-refractivity contribution in [2.24, 2.45) is 7.05 Å². The molecule has 0 unspecified atom stereocenters. The summed E-state index contributed by atoms with van der Waals surface area (Å²) in [6.07, 6.45) is 5.15. The molecule has 0 bridgehead atoms. The quantitative estimate of drug-likeness (QED) is 0.384. The van der Waals surface area contributed by atoms with Gasteiger partial charge in [0.1, 0.15) is 7.05 Å². The Balaban J connectivity index is 2.19. The van der Waals surface area contributed by atoms with Crippen LogP contribution in [0, 0.1) is 51.4 Å². The van der Waals surface area contributed by atoms with Crippen LogP contribution in [0.4, 0.5) is 0 Å². The highest BCUT2D eigenvalue weighted by Crippen LogP contribution is 2.38. The van der Waals surface area contributed by atoms with Gasteiger partial charge in [-0.2, -0.15) is 21.0 Å². The first-order valence-corrected chi connectivity index (χ1v) is 9.30. The van der Waals surface area contributed by atoms with Gasteiger partial charge in [0, 0.05) is 22.8 Å². The van der Waals surface area contributed by atoms with Crippen molar-refractivity contribution in [2.45, 2.75) is 11.8 Å². The molecule has 0 saturated carbocycles. The van der Waals surface area contributed by atoms with E-state index in [2.05, 4.69) is 11.1 Å². The molecule has 0 fully saturated rings. The predicted molar refractivity (Wildman–Crippen MR) is 110 cm³/mol. The Hall–Kier alpha value is -4.85. The van der Waals surface area contributed by atoms with E-state index in [0.717, 1.165) is 0 Å². The predicted octanol–water partition coefficient (Wildman–Crippen LogP) is 3.34. The van der Waals surface area contributed by atoms with Crippen molar-refractivity contribution in [2.75, 3.05) is 0 Å². The SMILES string of the molecule is C[n+]1c[c]c(-c2cnc3c(C(C#N)C#N)c4ccccc4c(C(C#N)C#N)c3n2)cc1. The van der Waals surface area contributed by atoms with Crippen LogP contribution in [0.25, 0.3) is 33.1 Å². The molecule has 0 aliphatic carbocycles. The maximum atomic E-state index is 9.65. The Kier molecular flexibility index (Phi) is 4.95. The van der Waals surface area contributed by atoms with Crippen molar-refractivity contribution in [3.63, 3.8) is 0 Å². The van der Waals surface area contributed by atoms with Crippen LogP contribution < -0.4 is 4.57 Å². The van der Waals surface area contributed by atoms with Gasteiger partial charge in [-0.05, 0) is 10.8 Å². The molecule has 143 valence electrons. The third-order valence-corrected chi connectivity index (χ3v) is 5.06. The van der Waals surface area contributed by atoms with Crippen LogP contribution in [-0.4, -0.2) is 9.97 Å². The molecule has 0 atom stereocenters. The van der Waals surface area contributed by atoms with E-state index in [9.17, 15) is 21.0 Å². The highest BCUT2D eigenvalue weighted by Gasteiger charge is 2.26. The number of hydrogen-bond donors (Lipinski definition) is 0. The van der Waals surface area contributed by atoms with Gasteiger partial charge < -0.3 is 0 Å². The monoisotopic (exact) mass is 399 g/mol. The van der Waals surface area contributed by atoms with Crippen LogP contribution in [0.3, 0.4) is 0 Å². The van der Waals surface area contributed by atoms with Crippen molar-refractivity contribution in [3.8, 4) is 35.5 Å². The minimum absolute atomic E-state index is 0.330. The number of hydrogen-bond acceptors (Lipinski definition) is 6. The molecule has 1 radical (unpaired) electrons. The average Bonchev–Trinajstić information content (AvgIpc) is 2.81. The number of nitrogens with zero attached hydrogens (tertiary/aromatic N) is 7. The molecule has 0 saturated heterocycles. The summed E-state index contributed by atoms with van der Waals surface area (Å²) in [7, 11) is 1.87. The lowest BCUT2D eigenvalue weighted by Crippen LogP contribution is -2.25. The molecule has 2 heterocycles. The first-order chi connectivity index (χ1) is 15.1. The molecule has 0 amide bonds. The van der Waals surface area contributed by atoms with Crippen molar-refractivity contribution in [1.82, 2.24) is 9.97 Å². The van der Waals surface area contributed by atoms with Crippen LogP contribution in [0.15, 0.2) is 48.9 Å². The number of nitriles is 4. The van der Waals surface area contributed by atoms with Crippen LogP contribution in [-0.2, 0) is 7.05 Å². The fourth-order valence-electron chi connectivity index (χ4n) is 3.63.